The summed E-state index contributed by atoms with van der Waals surface area (Å²) in [5.74, 6) is -2.88. The molecule has 0 bridgehead atoms. The van der Waals surface area contributed by atoms with E-state index >= 15 is 0 Å². The highest BCUT2D eigenvalue weighted by Crippen LogP contribution is 2.38. The normalized spacial score (nSPS) is 22.1. The van der Waals surface area contributed by atoms with Gasteiger partial charge in [0, 0.05) is 6.42 Å². The quantitative estimate of drug-likeness (QED) is 0.382. The molecule has 0 amide bonds. The van der Waals surface area contributed by atoms with E-state index in [1.165, 1.54) is 7.11 Å². The first-order chi connectivity index (χ1) is 13.9. The molecule has 1 atom stereocenters. The van der Waals surface area contributed by atoms with E-state index in [1.807, 2.05) is 0 Å². The molecule has 1 saturated carbocycles. The number of ether oxygens (including phenoxy) is 2. The zero-order valence-corrected chi connectivity index (χ0v) is 17.8. The molecular formula is C15H20F6O8S2. The first kappa shape index (κ1) is 27.5. The summed E-state index contributed by atoms with van der Waals surface area (Å²) in [5, 5.41) is 0. The number of carbonyl (C=O) groups excluding carboxylic acids is 2. The lowest BCUT2D eigenvalue weighted by Crippen LogP contribution is -2.46. The predicted octanol–water partition coefficient (Wildman–Crippen LogP) is 2.48. The van der Waals surface area contributed by atoms with Crippen LogP contribution in [0.3, 0.4) is 0 Å². The van der Waals surface area contributed by atoms with Crippen molar-refractivity contribution in [1.82, 2.24) is 0 Å². The van der Waals surface area contributed by atoms with Gasteiger partial charge in [0.1, 0.15) is 6.10 Å². The van der Waals surface area contributed by atoms with Crippen LogP contribution in [0.15, 0.2) is 0 Å². The lowest BCUT2D eigenvalue weighted by Gasteiger charge is -2.27. The Hall–Kier alpha value is -1.58. The molecule has 0 saturated heterocycles. The third kappa shape index (κ3) is 6.23. The molecule has 1 unspecified atom stereocenters. The van der Waals surface area contributed by atoms with E-state index in [2.05, 4.69) is 4.74 Å². The largest absolute Gasteiger partial charge is 0.498 e. The Balaban J connectivity index is 2.97. The van der Waals surface area contributed by atoms with Crippen LogP contribution in [0.2, 0.25) is 0 Å². The number of carbonyl (C=O) groups is 2. The van der Waals surface area contributed by atoms with Gasteiger partial charge in [0.15, 0.2) is 4.58 Å². The lowest BCUT2D eigenvalue weighted by molar-refractivity contribution is -0.157. The van der Waals surface area contributed by atoms with Crippen molar-refractivity contribution in [3.05, 3.63) is 0 Å². The van der Waals surface area contributed by atoms with Gasteiger partial charge >= 0.3 is 23.0 Å². The molecule has 0 aromatic carbocycles. The third-order valence-electron chi connectivity index (χ3n) is 4.77. The Morgan fingerprint density at radius 2 is 1.19 bits per heavy atom. The van der Waals surface area contributed by atoms with Crippen molar-refractivity contribution in [2.45, 2.75) is 60.7 Å². The number of hydrogen-bond acceptors (Lipinski definition) is 8. The van der Waals surface area contributed by atoms with E-state index in [9.17, 15) is 52.8 Å². The summed E-state index contributed by atoms with van der Waals surface area (Å²) >= 11 is 0. The Morgan fingerprint density at radius 1 is 0.839 bits per heavy atom. The van der Waals surface area contributed by atoms with Crippen molar-refractivity contribution in [2.24, 2.45) is 11.8 Å². The second-order valence-electron chi connectivity index (χ2n) is 6.97. The predicted molar refractivity (Wildman–Crippen MR) is 91.4 cm³/mol. The smallest absolute Gasteiger partial charge is 0.469 e. The molecule has 31 heavy (non-hydrogen) atoms. The first-order valence-electron chi connectivity index (χ1n) is 8.74. The minimum atomic E-state index is -6.81. The van der Waals surface area contributed by atoms with Gasteiger partial charge in [-0.25, -0.2) is 16.8 Å². The van der Waals surface area contributed by atoms with E-state index in [1.54, 1.807) is 0 Å². The van der Waals surface area contributed by atoms with Gasteiger partial charge in [-0.1, -0.05) is 0 Å². The van der Waals surface area contributed by atoms with Crippen molar-refractivity contribution in [2.75, 3.05) is 7.11 Å². The van der Waals surface area contributed by atoms with Crippen LogP contribution >= 0.6 is 0 Å². The molecule has 1 aliphatic carbocycles. The van der Waals surface area contributed by atoms with Crippen molar-refractivity contribution in [1.29, 1.82) is 0 Å². The average Bonchev–Trinajstić information content (AvgIpc) is 2.63. The summed E-state index contributed by atoms with van der Waals surface area (Å²) in [4.78, 5) is 23.6. The number of alkyl halides is 6. The Kier molecular flexibility index (Phi) is 8.42. The molecule has 0 aliphatic heterocycles. The van der Waals surface area contributed by atoms with Crippen LogP contribution in [-0.4, -0.2) is 57.6 Å². The van der Waals surface area contributed by atoms with Gasteiger partial charge in [0.2, 0.25) is 0 Å². The summed E-state index contributed by atoms with van der Waals surface area (Å²) in [6.45, 7) is 0.781. The second-order valence-corrected chi connectivity index (χ2v) is 11.5. The molecule has 0 N–H and O–H groups in total. The van der Waals surface area contributed by atoms with Crippen LogP contribution < -0.4 is 0 Å². The molecule has 8 nitrogen and oxygen atoms in total. The van der Waals surface area contributed by atoms with Crippen LogP contribution in [-0.2, 0) is 38.7 Å². The fourth-order valence-electron chi connectivity index (χ4n) is 3.06. The number of esters is 2. The maximum absolute atomic E-state index is 12.8. The van der Waals surface area contributed by atoms with Crippen LogP contribution in [0.4, 0.5) is 26.3 Å². The van der Waals surface area contributed by atoms with E-state index in [-0.39, 0.29) is 25.7 Å². The summed E-state index contributed by atoms with van der Waals surface area (Å²) in [5.41, 5.74) is -12.6. The number of sulfone groups is 2. The molecule has 182 valence electrons. The number of methoxy groups -OCH3 is 1. The monoisotopic (exact) mass is 506 g/mol. The molecule has 0 aromatic heterocycles. The maximum Gasteiger partial charge on any atom is 0.498 e. The van der Waals surface area contributed by atoms with E-state index < -0.39 is 71.6 Å². The van der Waals surface area contributed by atoms with Gasteiger partial charge < -0.3 is 9.47 Å². The minimum Gasteiger partial charge on any atom is -0.469 e. The highest BCUT2D eigenvalue weighted by Gasteiger charge is 2.63. The minimum absolute atomic E-state index is 0.108. The van der Waals surface area contributed by atoms with Crippen molar-refractivity contribution >= 4 is 31.6 Å². The van der Waals surface area contributed by atoms with Gasteiger partial charge in [-0.2, -0.15) is 26.3 Å². The summed E-state index contributed by atoms with van der Waals surface area (Å²) in [6, 6.07) is 0. The molecule has 0 radical (unpaired) electrons. The number of rotatable bonds is 7. The fourth-order valence-corrected chi connectivity index (χ4v) is 6.70. The van der Waals surface area contributed by atoms with Gasteiger partial charge in [0.05, 0.1) is 18.9 Å². The van der Waals surface area contributed by atoms with Crippen molar-refractivity contribution in [3.8, 4) is 0 Å². The summed E-state index contributed by atoms with van der Waals surface area (Å²) in [6.07, 6.45) is -3.02. The second kappa shape index (κ2) is 9.50. The Bertz CT molecular complexity index is 826. The van der Waals surface area contributed by atoms with Crippen molar-refractivity contribution < 1.29 is 62.2 Å². The standard InChI is InChI=1S/C15H20F6O8S2/c1-8(29-13(23)10-5-3-9(4-6-10)12(22)28-2)7-11(30(24,25)14(16,17)18)31(26,27)15(19,20)21/h8-11H,3-7H2,1-2H3. The van der Waals surface area contributed by atoms with Crippen LogP contribution in [0, 0.1) is 11.8 Å². The third-order valence-corrected chi connectivity index (χ3v) is 9.35. The maximum atomic E-state index is 12.8. The van der Waals surface area contributed by atoms with Crippen molar-refractivity contribution in [3.63, 3.8) is 0 Å². The number of halogens is 6. The molecule has 1 fully saturated rings. The average molecular weight is 506 g/mol. The zero-order chi connectivity index (χ0) is 24.4. The molecule has 0 aromatic rings. The van der Waals surface area contributed by atoms with Gasteiger partial charge in [-0.3, -0.25) is 9.59 Å². The molecule has 1 aliphatic rings. The Labute approximate surface area is 174 Å². The lowest BCUT2D eigenvalue weighted by atomic mass is 9.82. The van der Waals surface area contributed by atoms with E-state index in [0.29, 0.717) is 0 Å². The molecule has 0 spiro atoms. The highest BCUT2D eigenvalue weighted by atomic mass is 32.3. The van der Waals surface area contributed by atoms with Crippen LogP contribution in [0.5, 0.6) is 0 Å². The molecule has 0 heterocycles. The topological polar surface area (TPSA) is 121 Å². The van der Waals surface area contributed by atoms with E-state index in [0.717, 1.165) is 6.92 Å². The molecule has 1 rings (SSSR count). The van der Waals surface area contributed by atoms with Gasteiger partial charge in [0.25, 0.3) is 19.7 Å². The summed E-state index contributed by atoms with van der Waals surface area (Å²) in [7, 11) is -12.4. The van der Waals surface area contributed by atoms with E-state index in [4.69, 9.17) is 4.74 Å². The first-order valence-corrected chi connectivity index (χ1v) is 11.8. The molecular weight excluding hydrogens is 486 g/mol. The van der Waals surface area contributed by atoms with Crippen LogP contribution in [0.25, 0.3) is 0 Å². The highest BCUT2D eigenvalue weighted by molar-refractivity contribution is 8.09. The number of hydrogen-bond donors (Lipinski definition) is 0. The SMILES string of the molecule is COC(=O)C1CCC(C(=O)OC(C)CC(S(=O)(=O)C(F)(F)F)S(=O)(=O)C(F)(F)F)CC1. The fraction of sp³-hybridized carbons (Fsp3) is 0.867. The van der Waals surface area contributed by atoms with Gasteiger partial charge in [-0.05, 0) is 32.6 Å². The summed E-state index contributed by atoms with van der Waals surface area (Å²) < 4.78 is 128. The Morgan fingerprint density at radius 3 is 1.52 bits per heavy atom. The zero-order valence-electron chi connectivity index (χ0n) is 16.2. The van der Waals surface area contributed by atoms with Gasteiger partial charge in [-0.15, -0.1) is 0 Å². The molecule has 16 heteroatoms. The van der Waals surface area contributed by atoms with Crippen LogP contribution in [0.1, 0.15) is 39.0 Å².